The molecule has 1 atom stereocenters. The van der Waals surface area contributed by atoms with Gasteiger partial charge in [-0.1, -0.05) is 18.2 Å². The van der Waals surface area contributed by atoms with E-state index in [0.29, 0.717) is 28.3 Å². The summed E-state index contributed by atoms with van der Waals surface area (Å²) in [5, 5.41) is 4.86. The quantitative estimate of drug-likeness (QED) is 0.464. The first-order valence-electron chi connectivity index (χ1n) is 10.1. The van der Waals surface area contributed by atoms with Crippen molar-refractivity contribution in [2.45, 2.75) is 18.9 Å². The number of anilines is 2. The Kier molecular flexibility index (Phi) is 3.79. The second kappa shape index (κ2) is 6.66. The van der Waals surface area contributed by atoms with Gasteiger partial charge in [-0.05, 0) is 37.1 Å². The Morgan fingerprint density at radius 2 is 1.97 bits per heavy atom. The van der Waals surface area contributed by atoms with Crippen LogP contribution in [0.5, 0.6) is 0 Å². The Morgan fingerprint density at radius 3 is 2.84 bits per heavy atom. The average Bonchev–Trinajstić information content (AvgIpc) is 3.53. The van der Waals surface area contributed by atoms with Crippen molar-refractivity contribution in [2.75, 3.05) is 17.2 Å². The molecule has 154 valence electrons. The van der Waals surface area contributed by atoms with Crippen molar-refractivity contribution in [3.63, 3.8) is 0 Å². The third-order valence-corrected chi connectivity index (χ3v) is 5.70. The molecular weight excluding hydrogens is 394 g/mol. The summed E-state index contributed by atoms with van der Waals surface area (Å²) < 4.78 is 3.34. The van der Waals surface area contributed by atoms with Crippen LogP contribution in [0.4, 0.5) is 11.8 Å². The van der Waals surface area contributed by atoms with Crippen LogP contribution in [0.2, 0.25) is 0 Å². The Hall–Kier alpha value is -4.21. The molecular formula is C21H19N9O. The van der Waals surface area contributed by atoms with Gasteiger partial charge in [-0.15, -0.1) is 0 Å². The summed E-state index contributed by atoms with van der Waals surface area (Å²) >= 11 is 0. The maximum Gasteiger partial charge on any atom is 0.282 e. The van der Waals surface area contributed by atoms with Gasteiger partial charge in [0, 0.05) is 12.7 Å². The second-order valence-electron chi connectivity index (χ2n) is 7.53. The van der Waals surface area contributed by atoms with Gasteiger partial charge >= 0.3 is 0 Å². The second-order valence-corrected chi connectivity index (χ2v) is 7.53. The van der Waals surface area contributed by atoms with Crippen molar-refractivity contribution in [3.8, 4) is 5.69 Å². The summed E-state index contributed by atoms with van der Waals surface area (Å²) in [5.41, 5.74) is 8.40. The first-order valence-corrected chi connectivity index (χ1v) is 10.1. The molecule has 0 bridgehead atoms. The number of nitrogen functional groups attached to an aromatic ring is 1. The van der Waals surface area contributed by atoms with Crippen molar-refractivity contribution in [2.24, 2.45) is 0 Å². The first-order chi connectivity index (χ1) is 15.2. The summed E-state index contributed by atoms with van der Waals surface area (Å²) in [4.78, 5) is 31.7. The number of nitrogens with two attached hydrogens (primary N) is 1. The molecule has 31 heavy (non-hydrogen) atoms. The van der Waals surface area contributed by atoms with E-state index in [0.717, 1.165) is 25.1 Å². The van der Waals surface area contributed by atoms with E-state index in [9.17, 15) is 4.79 Å². The van der Waals surface area contributed by atoms with Gasteiger partial charge in [0.2, 0.25) is 5.95 Å². The highest BCUT2D eigenvalue weighted by molar-refractivity contribution is 5.84. The number of fused-ring (bicyclic) bond motifs is 2. The van der Waals surface area contributed by atoms with Crippen LogP contribution >= 0.6 is 0 Å². The van der Waals surface area contributed by atoms with E-state index < -0.39 is 0 Å². The predicted octanol–water partition coefficient (Wildman–Crippen LogP) is 2.08. The van der Waals surface area contributed by atoms with E-state index >= 15 is 0 Å². The van der Waals surface area contributed by atoms with Gasteiger partial charge in [-0.25, -0.2) is 9.50 Å². The molecule has 10 heteroatoms. The van der Waals surface area contributed by atoms with Gasteiger partial charge in [0.15, 0.2) is 22.8 Å². The van der Waals surface area contributed by atoms with Crippen LogP contribution in [0.15, 0.2) is 59.8 Å². The van der Waals surface area contributed by atoms with E-state index in [1.54, 1.807) is 27.7 Å². The summed E-state index contributed by atoms with van der Waals surface area (Å²) in [6, 6.07) is 13.0. The van der Waals surface area contributed by atoms with Crippen LogP contribution in [-0.4, -0.2) is 40.7 Å². The van der Waals surface area contributed by atoms with Crippen LogP contribution in [-0.2, 0) is 0 Å². The normalized spacial score (nSPS) is 16.5. The lowest BCUT2D eigenvalue weighted by molar-refractivity contribution is 0.602. The van der Waals surface area contributed by atoms with E-state index in [-0.39, 0.29) is 17.5 Å². The molecule has 0 amide bonds. The van der Waals surface area contributed by atoms with Gasteiger partial charge in [0.05, 0.1) is 18.1 Å². The molecule has 0 spiro atoms. The summed E-state index contributed by atoms with van der Waals surface area (Å²) in [5.74, 6) is 1.47. The zero-order chi connectivity index (χ0) is 20.9. The van der Waals surface area contributed by atoms with Gasteiger partial charge < -0.3 is 15.6 Å². The number of benzene rings is 1. The zero-order valence-electron chi connectivity index (χ0n) is 16.5. The largest absolute Gasteiger partial charge is 0.368 e. The lowest BCUT2D eigenvalue weighted by Crippen LogP contribution is -2.33. The summed E-state index contributed by atoms with van der Waals surface area (Å²) in [7, 11) is 0. The molecule has 3 N–H and O–H groups in total. The van der Waals surface area contributed by atoms with Crippen LogP contribution in [0.1, 0.15) is 24.7 Å². The van der Waals surface area contributed by atoms with Crippen molar-refractivity contribution in [1.82, 2.24) is 34.1 Å². The number of nitrogens with one attached hydrogen (secondary N) is 1. The predicted molar refractivity (Wildman–Crippen MR) is 116 cm³/mol. The average molecular weight is 413 g/mol. The Morgan fingerprint density at radius 1 is 1.10 bits per heavy atom. The van der Waals surface area contributed by atoms with Crippen molar-refractivity contribution in [1.29, 1.82) is 0 Å². The molecule has 5 aromatic rings. The van der Waals surface area contributed by atoms with Gasteiger partial charge in [-0.3, -0.25) is 9.36 Å². The molecule has 1 aliphatic rings. The van der Waals surface area contributed by atoms with E-state index in [1.807, 2.05) is 36.4 Å². The molecule has 1 aliphatic heterocycles. The smallest absolute Gasteiger partial charge is 0.282 e. The molecule has 6 rings (SSSR count). The topological polar surface area (TPSA) is 123 Å². The fourth-order valence-corrected chi connectivity index (χ4v) is 4.37. The monoisotopic (exact) mass is 413 g/mol. The van der Waals surface area contributed by atoms with Crippen LogP contribution < -0.4 is 16.2 Å². The highest BCUT2D eigenvalue weighted by atomic mass is 16.1. The highest BCUT2D eigenvalue weighted by Gasteiger charge is 2.34. The number of H-pyrrole nitrogens is 1. The molecule has 1 fully saturated rings. The fraction of sp³-hybridized carbons (Fsp3) is 0.190. The Balaban J connectivity index is 1.59. The zero-order valence-corrected chi connectivity index (χ0v) is 16.5. The van der Waals surface area contributed by atoms with Crippen molar-refractivity contribution < 1.29 is 0 Å². The van der Waals surface area contributed by atoms with Crippen molar-refractivity contribution in [3.05, 3.63) is 71.2 Å². The highest BCUT2D eigenvalue weighted by Crippen LogP contribution is 2.37. The number of nitrogens with zero attached hydrogens (tertiary/aromatic N) is 7. The molecule has 4 aromatic heterocycles. The first kappa shape index (κ1) is 17.6. The maximum atomic E-state index is 13.5. The molecule has 10 nitrogen and oxygen atoms in total. The van der Waals surface area contributed by atoms with Crippen LogP contribution in [0, 0.1) is 0 Å². The number of hydrogen-bond acceptors (Lipinski definition) is 7. The van der Waals surface area contributed by atoms with Gasteiger partial charge in [0.25, 0.3) is 5.56 Å². The fourth-order valence-electron chi connectivity index (χ4n) is 4.37. The molecule has 1 aromatic carbocycles. The number of rotatable bonds is 3. The third-order valence-electron chi connectivity index (χ3n) is 5.70. The number of para-hydroxylation sites is 1. The molecule has 0 unspecified atom stereocenters. The Bertz CT molecular complexity index is 1470. The Labute approximate surface area is 176 Å². The van der Waals surface area contributed by atoms with Crippen molar-refractivity contribution >= 4 is 28.4 Å². The number of aromatic nitrogens is 7. The molecule has 5 heterocycles. The van der Waals surface area contributed by atoms with Crippen LogP contribution in [0.3, 0.4) is 0 Å². The molecule has 0 saturated carbocycles. The minimum absolute atomic E-state index is 0.111. The molecule has 1 saturated heterocycles. The standard InChI is InChI=1S/C21H19N9O/c22-21-25-17-16(23-12-24-17)19(26-21)28-10-4-8-14(28)18-27-29-11-5-9-15(29)20(31)30(18)13-6-2-1-3-7-13/h1-3,5-7,9,11-12,14H,4,8,10H2,(H3,22,23,24,25,26)/t14-/m0/s1. The molecule has 0 radical (unpaired) electrons. The van der Waals surface area contributed by atoms with E-state index in [2.05, 4.69) is 24.8 Å². The van der Waals surface area contributed by atoms with Gasteiger partial charge in [-0.2, -0.15) is 15.1 Å². The number of aromatic amines is 1. The maximum absolute atomic E-state index is 13.5. The lowest BCUT2D eigenvalue weighted by Gasteiger charge is -2.27. The van der Waals surface area contributed by atoms with Gasteiger partial charge in [0.1, 0.15) is 5.52 Å². The molecule has 0 aliphatic carbocycles. The minimum atomic E-state index is -0.172. The minimum Gasteiger partial charge on any atom is -0.368 e. The van der Waals surface area contributed by atoms with E-state index in [1.165, 1.54) is 0 Å². The number of imidazole rings is 1. The summed E-state index contributed by atoms with van der Waals surface area (Å²) in [6.07, 6.45) is 5.12. The third kappa shape index (κ3) is 2.68. The lowest BCUT2D eigenvalue weighted by atomic mass is 10.2. The van der Waals surface area contributed by atoms with E-state index in [4.69, 9.17) is 10.8 Å². The summed E-state index contributed by atoms with van der Waals surface area (Å²) in [6.45, 7) is 0.747. The van der Waals surface area contributed by atoms with Crippen LogP contribution in [0.25, 0.3) is 22.4 Å². The SMILES string of the molecule is Nc1nc(N2CCC[C@H]2c2nn3cccc3c(=O)n2-c2ccccc2)c2nc[nH]c2n1. The number of hydrogen-bond donors (Lipinski definition) is 2.